The summed E-state index contributed by atoms with van der Waals surface area (Å²) >= 11 is 0. The van der Waals surface area contributed by atoms with E-state index in [2.05, 4.69) is 73.8 Å². The number of anilines is 5. The molecule has 3 heterocycles. The fourth-order valence-corrected chi connectivity index (χ4v) is 4.39. The minimum Gasteiger partial charge on any atom is -0.508 e. The van der Waals surface area contributed by atoms with Crippen LogP contribution in [-0.4, -0.2) is 65.7 Å². The average Bonchev–Trinajstić information content (AvgIpc) is 2.90. The second-order valence-corrected chi connectivity index (χ2v) is 10.2. The number of piperidine rings is 1. The van der Waals surface area contributed by atoms with Crippen molar-refractivity contribution in [3.8, 4) is 5.75 Å². The Kier molecular flexibility index (Phi) is 7.36. The number of hydrogen-bond donors (Lipinski definition) is 3. The molecule has 3 N–H and O–H groups in total. The molecule has 2 fully saturated rings. The maximum absolute atomic E-state index is 9.79. The molecule has 10 nitrogen and oxygen atoms in total. The van der Waals surface area contributed by atoms with Gasteiger partial charge in [-0.3, -0.25) is 0 Å². The predicted molar refractivity (Wildman–Crippen MR) is 147 cm³/mol. The number of rotatable bonds is 7. The van der Waals surface area contributed by atoms with E-state index in [4.69, 9.17) is 4.74 Å². The van der Waals surface area contributed by atoms with Crippen molar-refractivity contribution in [3.05, 3.63) is 54.1 Å². The second-order valence-electron chi connectivity index (χ2n) is 10.2. The highest BCUT2D eigenvalue weighted by Crippen LogP contribution is 2.32. The van der Waals surface area contributed by atoms with Crippen molar-refractivity contribution in [1.29, 1.82) is 0 Å². The molecule has 0 radical (unpaired) electrons. The fraction of sp³-hybridized carbons (Fsp3) is 0.407. The summed E-state index contributed by atoms with van der Waals surface area (Å²) in [5, 5.41) is 17.3. The van der Waals surface area contributed by atoms with Gasteiger partial charge >= 0.3 is 0 Å². The normalized spacial score (nSPS) is 17.7. The van der Waals surface area contributed by atoms with Crippen LogP contribution in [0.2, 0.25) is 0 Å². The van der Waals surface area contributed by atoms with Crippen LogP contribution in [0.25, 0.3) is 0 Å². The Balaban J connectivity index is 1.28. The van der Waals surface area contributed by atoms with Crippen molar-refractivity contribution in [2.45, 2.75) is 26.7 Å². The van der Waals surface area contributed by atoms with Gasteiger partial charge in [-0.25, -0.2) is 5.43 Å². The van der Waals surface area contributed by atoms with Gasteiger partial charge in [0.15, 0.2) is 0 Å². The number of hydrogen-bond acceptors (Lipinski definition) is 10. The van der Waals surface area contributed by atoms with Crippen LogP contribution in [0.15, 0.2) is 53.6 Å². The fourth-order valence-electron chi connectivity index (χ4n) is 4.39. The monoisotopic (exact) mass is 502 g/mol. The number of aromatic nitrogens is 3. The van der Waals surface area contributed by atoms with Gasteiger partial charge in [0.2, 0.25) is 17.8 Å². The zero-order valence-electron chi connectivity index (χ0n) is 21.4. The Hall–Kier alpha value is -3.92. The molecule has 0 spiro atoms. The zero-order valence-corrected chi connectivity index (χ0v) is 21.4. The van der Waals surface area contributed by atoms with E-state index >= 15 is 0 Å². The lowest BCUT2D eigenvalue weighted by Crippen LogP contribution is -2.37. The van der Waals surface area contributed by atoms with Crippen LogP contribution in [0.5, 0.6) is 5.75 Å². The van der Waals surface area contributed by atoms with E-state index in [1.165, 1.54) is 18.5 Å². The topological polar surface area (TPSA) is 111 Å². The third kappa shape index (κ3) is 6.65. The SMILES string of the molecule is CC1(C)CCN(c2ccc(/C=N/Nc3nc(Nc4cccc(O)c4)nc(N4CCOCC4)n3)cc2)CC1. The largest absolute Gasteiger partial charge is 0.508 e. The van der Waals surface area contributed by atoms with Gasteiger partial charge in [-0.1, -0.05) is 32.0 Å². The lowest BCUT2D eigenvalue weighted by Gasteiger charge is -2.38. The third-order valence-electron chi connectivity index (χ3n) is 6.77. The molecule has 0 unspecified atom stereocenters. The molecule has 10 heteroatoms. The molecule has 0 aliphatic carbocycles. The van der Waals surface area contributed by atoms with Gasteiger partial charge in [0.1, 0.15) is 5.75 Å². The number of nitrogens with one attached hydrogen (secondary N) is 2. The number of aromatic hydroxyl groups is 1. The highest BCUT2D eigenvalue weighted by atomic mass is 16.5. The van der Waals surface area contributed by atoms with Crippen molar-refractivity contribution in [1.82, 2.24) is 15.0 Å². The summed E-state index contributed by atoms with van der Waals surface area (Å²) in [4.78, 5) is 18.1. The molecule has 3 aromatic rings. The summed E-state index contributed by atoms with van der Waals surface area (Å²) < 4.78 is 5.46. The number of phenols is 1. The summed E-state index contributed by atoms with van der Waals surface area (Å²) in [7, 11) is 0. The van der Waals surface area contributed by atoms with E-state index in [9.17, 15) is 5.11 Å². The summed E-state index contributed by atoms with van der Waals surface area (Å²) in [5.41, 5.74) is 6.28. The average molecular weight is 503 g/mol. The molecule has 0 saturated carbocycles. The van der Waals surface area contributed by atoms with Crippen LogP contribution in [0.4, 0.5) is 29.2 Å². The Morgan fingerprint density at radius 1 is 0.919 bits per heavy atom. The van der Waals surface area contributed by atoms with Crippen LogP contribution in [0.1, 0.15) is 32.3 Å². The minimum absolute atomic E-state index is 0.158. The quantitative estimate of drug-likeness (QED) is 0.323. The first-order valence-corrected chi connectivity index (χ1v) is 12.7. The summed E-state index contributed by atoms with van der Waals surface area (Å²) in [6.07, 6.45) is 4.17. The minimum atomic E-state index is 0.158. The Morgan fingerprint density at radius 2 is 1.65 bits per heavy atom. The Bertz CT molecular complexity index is 1220. The van der Waals surface area contributed by atoms with E-state index in [0.29, 0.717) is 55.3 Å². The van der Waals surface area contributed by atoms with Gasteiger partial charge < -0.3 is 25.0 Å². The molecule has 0 bridgehead atoms. The molecule has 5 rings (SSSR count). The van der Waals surface area contributed by atoms with Gasteiger partial charge in [-0.2, -0.15) is 20.1 Å². The first-order chi connectivity index (χ1) is 17.9. The lowest BCUT2D eigenvalue weighted by molar-refractivity contribution is 0.122. The molecular formula is C27H34N8O2. The van der Waals surface area contributed by atoms with Crippen molar-refractivity contribution in [3.63, 3.8) is 0 Å². The van der Waals surface area contributed by atoms with Crippen LogP contribution in [-0.2, 0) is 4.74 Å². The number of nitrogens with zero attached hydrogens (tertiary/aromatic N) is 6. The molecule has 2 aliphatic rings. The van der Waals surface area contributed by atoms with Crippen molar-refractivity contribution >= 4 is 35.4 Å². The Morgan fingerprint density at radius 3 is 2.38 bits per heavy atom. The standard InChI is InChI=1S/C27H34N8O2/c1-27(2)10-12-34(13-11-27)22-8-6-20(7-9-22)19-28-33-25-30-24(29-21-4-3-5-23(36)18-21)31-26(32-25)35-14-16-37-17-15-35/h3-9,18-19,36H,10-17H2,1-2H3,(H2,29,30,31,32,33)/b28-19+. The summed E-state index contributed by atoms with van der Waals surface area (Å²) in [6, 6.07) is 15.2. The van der Waals surface area contributed by atoms with E-state index in [0.717, 1.165) is 18.7 Å². The first-order valence-electron chi connectivity index (χ1n) is 12.7. The van der Waals surface area contributed by atoms with Gasteiger partial charge in [0.25, 0.3) is 0 Å². The zero-order chi connectivity index (χ0) is 25.7. The van der Waals surface area contributed by atoms with Gasteiger partial charge in [0, 0.05) is 43.6 Å². The summed E-state index contributed by atoms with van der Waals surface area (Å²) in [6.45, 7) is 9.49. The molecule has 1 aromatic heterocycles. The number of ether oxygens (including phenoxy) is 1. The molecule has 0 amide bonds. The molecular weight excluding hydrogens is 468 g/mol. The van der Waals surface area contributed by atoms with Gasteiger partial charge in [-0.15, -0.1) is 0 Å². The van der Waals surface area contributed by atoms with E-state index in [1.54, 1.807) is 24.4 Å². The molecule has 0 atom stereocenters. The molecule has 194 valence electrons. The maximum Gasteiger partial charge on any atom is 0.250 e. The molecule has 37 heavy (non-hydrogen) atoms. The smallest absolute Gasteiger partial charge is 0.250 e. The van der Waals surface area contributed by atoms with Gasteiger partial charge in [0.05, 0.1) is 19.4 Å². The van der Waals surface area contributed by atoms with Crippen LogP contribution in [0.3, 0.4) is 0 Å². The van der Waals surface area contributed by atoms with Gasteiger partial charge in [-0.05, 0) is 48.1 Å². The third-order valence-corrected chi connectivity index (χ3v) is 6.77. The van der Waals surface area contributed by atoms with E-state index < -0.39 is 0 Å². The number of hydrazone groups is 1. The van der Waals surface area contributed by atoms with E-state index in [1.807, 2.05) is 11.0 Å². The number of morpholine rings is 1. The van der Waals surface area contributed by atoms with Crippen LogP contribution < -0.4 is 20.5 Å². The number of phenolic OH excluding ortho intramolecular Hbond substituents is 1. The Labute approximate surface area is 217 Å². The predicted octanol–water partition coefficient (Wildman–Crippen LogP) is 4.23. The second kappa shape index (κ2) is 11.0. The summed E-state index contributed by atoms with van der Waals surface area (Å²) in [5.74, 6) is 1.37. The van der Waals surface area contributed by atoms with Crippen molar-refractivity contribution < 1.29 is 9.84 Å². The van der Waals surface area contributed by atoms with Crippen molar-refractivity contribution in [2.24, 2.45) is 10.5 Å². The number of benzene rings is 2. The molecule has 2 aliphatic heterocycles. The highest BCUT2D eigenvalue weighted by Gasteiger charge is 2.25. The maximum atomic E-state index is 9.79. The molecule has 2 aromatic carbocycles. The lowest BCUT2D eigenvalue weighted by atomic mass is 9.82. The highest BCUT2D eigenvalue weighted by molar-refractivity contribution is 5.80. The van der Waals surface area contributed by atoms with Crippen molar-refractivity contribution in [2.75, 3.05) is 59.9 Å². The van der Waals surface area contributed by atoms with Crippen LogP contribution >= 0.6 is 0 Å². The van der Waals surface area contributed by atoms with Crippen LogP contribution in [0, 0.1) is 5.41 Å². The molecule has 2 saturated heterocycles. The van der Waals surface area contributed by atoms with E-state index in [-0.39, 0.29) is 5.75 Å². The first kappa shape index (κ1) is 24.8.